The molecule has 0 spiro atoms. The second-order valence-corrected chi connectivity index (χ2v) is 5.49. The summed E-state index contributed by atoms with van der Waals surface area (Å²) in [5.41, 5.74) is 1.21. The Hall–Kier alpha value is -0.240. The standard InChI is InChI=1S/C15H23Cl2N/c1-2-10-18-11-6-4-3-5-7-13-8-9-14(16)12-15(13)17/h8-9,12,18H,2-7,10-11H2,1H3. The highest BCUT2D eigenvalue weighted by Gasteiger charge is 2.00. The van der Waals surface area contributed by atoms with E-state index in [2.05, 4.69) is 12.2 Å². The molecule has 0 aliphatic heterocycles. The summed E-state index contributed by atoms with van der Waals surface area (Å²) in [6, 6.07) is 5.78. The van der Waals surface area contributed by atoms with Gasteiger partial charge in [0.05, 0.1) is 0 Å². The van der Waals surface area contributed by atoms with Gasteiger partial charge in [0.25, 0.3) is 0 Å². The first kappa shape index (κ1) is 15.8. The summed E-state index contributed by atoms with van der Waals surface area (Å²) in [6.45, 7) is 4.48. The molecule has 1 rings (SSSR count). The molecule has 0 unspecified atom stereocenters. The molecule has 1 N–H and O–H groups in total. The smallest absolute Gasteiger partial charge is 0.0452 e. The van der Waals surface area contributed by atoms with E-state index < -0.39 is 0 Å². The van der Waals surface area contributed by atoms with Gasteiger partial charge in [0.15, 0.2) is 0 Å². The lowest BCUT2D eigenvalue weighted by molar-refractivity contribution is 0.585. The van der Waals surface area contributed by atoms with E-state index >= 15 is 0 Å². The molecule has 0 amide bonds. The van der Waals surface area contributed by atoms with Crippen LogP contribution >= 0.6 is 23.2 Å². The van der Waals surface area contributed by atoms with Crippen LogP contribution in [0.15, 0.2) is 18.2 Å². The van der Waals surface area contributed by atoms with Gasteiger partial charge in [-0.2, -0.15) is 0 Å². The van der Waals surface area contributed by atoms with E-state index in [4.69, 9.17) is 23.2 Å². The highest BCUT2D eigenvalue weighted by Crippen LogP contribution is 2.22. The van der Waals surface area contributed by atoms with E-state index in [-0.39, 0.29) is 0 Å². The van der Waals surface area contributed by atoms with Crippen molar-refractivity contribution in [1.29, 1.82) is 0 Å². The first-order valence-corrected chi connectivity index (χ1v) is 7.64. The van der Waals surface area contributed by atoms with Gasteiger partial charge in [-0.1, -0.05) is 49.0 Å². The fourth-order valence-electron chi connectivity index (χ4n) is 1.95. The quantitative estimate of drug-likeness (QED) is 0.624. The van der Waals surface area contributed by atoms with Gasteiger partial charge in [-0.3, -0.25) is 0 Å². The van der Waals surface area contributed by atoms with Crippen LogP contribution in [0.4, 0.5) is 0 Å². The Morgan fingerprint density at radius 3 is 2.50 bits per heavy atom. The SMILES string of the molecule is CCCNCCCCCCc1ccc(Cl)cc1Cl. The Kier molecular flexibility index (Phi) is 8.49. The van der Waals surface area contributed by atoms with Crippen LogP contribution < -0.4 is 5.32 Å². The Labute approximate surface area is 121 Å². The summed E-state index contributed by atoms with van der Waals surface area (Å²) >= 11 is 12.0. The number of unbranched alkanes of at least 4 members (excludes halogenated alkanes) is 3. The fourth-order valence-corrected chi connectivity index (χ4v) is 2.45. The molecule has 3 heteroatoms. The molecular weight excluding hydrogens is 265 g/mol. The van der Waals surface area contributed by atoms with Crippen molar-refractivity contribution in [2.45, 2.75) is 45.4 Å². The number of halogens is 2. The monoisotopic (exact) mass is 287 g/mol. The van der Waals surface area contributed by atoms with E-state index in [1.54, 1.807) is 0 Å². The van der Waals surface area contributed by atoms with Crippen LogP contribution in [0.5, 0.6) is 0 Å². The molecule has 0 heterocycles. The van der Waals surface area contributed by atoms with Crippen molar-refractivity contribution in [1.82, 2.24) is 5.32 Å². The van der Waals surface area contributed by atoms with Crippen molar-refractivity contribution < 1.29 is 0 Å². The van der Waals surface area contributed by atoms with Crippen LogP contribution in [0.25, 0.3) is 0 Å². The zero-order valence-corrected chi connectivity index (χ0v) is 12.7. The van der Waals surface area contributed by atoms with Gasteiger partial charge >= 0.3 is 0 Å². The van der Waals surface area contributed by atoms with E-state index in [0.29, 0.717) is 5.02 Å². The van der Waals surface area contributed by atoms with Gasteiger partial charge in [-0.05, 0) is 56.5 Å². The highest BCUT2D eigenvalue weighted by atomic mass is 35.5. The van der Waals surface area contributed by atoms with Gasteiger partial charge in [0, 0.05) is 10.0 Å². The molecule has 1 aromatic carbocycles. The fraction of sp³-hybridized carbons (Fsp3) is 0.600. The molecule has 0 radical (unpaired) electrons. The Balaban J connectivity index is 2.07. The predicted octanol–water partition coefficient (Wildman–Crippen LogP) is 5.10. The lowest BCUT2D eigenvalue weighted by atomic mass is 10.1. The summed E-state index contributed by atoms with van der Waals surface area (Å²) in [6.07, 6.45) is 7.31. The number of rotatable bonds is 9. The molecule has 0 aromatic heterocycles. The second-order valence-electron chi connectivity index (χ2n) is 4.65. The highest BCUT2D eigenvalue weighted by molar-refractivity contribution is 6.35. The first-order valence-electron chi connectivity index (χ1n) is 6.88. The van der Waals surface area contributed by atoms with Crippen molar-refractivity contribution in [3.8, 4) is 0 Å². The van der Waals surface area contributed by atoms with Crippen LogP contribution in [0, 0.1) is 0 Å². The third-order valence-electron chi connectivity index (χ3n) is 2.99. The van der Waals surface area contributed by atoms with Gasteiger partial charge in [0.2, 0.25) is 0 Å². The molecule has 0 bridgehead atoms. The zero-order chi connectivity index (χ0) is 13.2. The molecular formula is C15H23Cl2N. The lowest BCUT2D eigenvalue weighted by Crippen LogP contribution is -2.15. The second kappa shape index (κ2) is 9.66. The summed E-state index contributed by atoms with van der Waals surface area (Å²) in [5.74, 6) is 0. The minimum atomic E-state index is 0.714. The lowest BCUT2D eigenvalue weighted by Gasteiger charge is -2.05. The molecule has 0 fully saturated rings. The van der Waals surface area contributed by atoms with E-state index in [0.717, 1.165) is 24.5 Å². The summed E-state index contributed by atoms with van der Waals surface area (Å²) in [5, 5.41) is 4.94. The average molecular weight is 288 g/mol. The molecule has 102 valence electrons. The average Bonchev–Trinajstić information content (AvgIpc) is 2.35. The summed E-state index contributed by atoms with van der Waals surface area (Å²) in [4.78, 5) is 0. The van der Waals surface area contributed by atoms with E-state index in [1.807, 2.05) is 18.2 Å². The topological polar surface area (TPSA) is 12.0 Å². The number of hydrogen-bond donors (Lipinski definition) is 1. The van der Waals surface area contributed by atoms with Crippen LogP contribution in [0.2, 0.25) is 10.0 Å². The van der Waals surface area contributed by atoms with Gasteiger partial charge < -0.3 is 5.32 Å². The van der Waals surface area contributed by atoms with Gasteiger partial charge in [0.1, 0.15) is 0 Å². The minimum absolute atomic E-state index is 0.714. The maximum atomic E-state index is 6.13. The molecule has 1 nitrogen and oxygen atoms in total. The predicted molar refractivity (Wildman–Crippen MR) is 81.8 cm³/mol. The number of hydrogen-bond acceptors (Lipinski definition) is 1. The molecule has 0 saturated carbocycles. The summed E-state index contributed by atoms with van der Waals surface area (Å²) in [7, 11) is 0. The maximum absolute atomic E-state index is 6.13. The minimum Gasteiger partial charge on any atom is -0.317 e. The normalized spacial score (nSPS) is 10.8. The van der Waals surface area contributed by atoms with Crippen molar-refractivity contribution in [2.24, 2.45) is 0 Å². The van der Waals surface area contributed by atoms with E-state index in [1.165, 1.54) is 37.7 Å². The largest absolute Gasteiger partial charge is 0.317 e. The Bertz CT molecular complexity index is 339. The Morgan fingerprint density at radius 2 is 1.78 bits per heavy atom. The van der Waals surface area contributed by atoms with Crippen LogP contribution in [0.3, 0.4) is 0 Å². The maximum Gasteiger partial charge on any atom is 0.0452 e. The molecule has 0 aliphatic carbocycles. The molecule has 18 heavy (non-hydrogen) atoms. The molecule has 1 aromatic rings. The van der Waals surface area contributed by atoms with Crippen LogP contribution in [-0.2, 0) is 6.42 Å². The van der Waals surface area contributed by atoms with Crippen LogP contribution in [0.1, 0.15) is 44.6 Å². The molecule has 0 saturated heterocycles. The summed E-state index contributed by atoms with van der Waals surface area (Å²) < 4.78 is 0. The van der Waals surface area contributed by atoms with Crippen molar-refractivity contribution in [3.05, 3.63) is 33.8 Å². The van der Waals surface area contributed by atoms with Crippen molar-refractivity contribution in [2.75, 3.05) is 13.1 Å². The first-order chi connectivity index (χ1) is 8.74. The third-order valence-corrected chi connectivity index (χ3v) is 3.58. The van der Waals surface area contributed by atoms with Crippen LogP contribution in [-0.4, -0.2) is 13.1 Å². The zero-order valence-electron chi connectivity index (χ0n) is 11.1. The van der Waals surface area contributed by atoms with Crippen molar-refractivity contribution in [3.63, 3.8) is 0 Å². The third kappa shape index (κ3) is 6.63. The number of benzene rings is 1. The van der Waals surface area contributed by atoms with Gasteiger partial charge in [-0.15, -0.1) is 0 Å². The van der Waals surface area contributed by atoms with Crippen molar-refractivity contribution >= 4 is 23.2 Å². The van der Waals surface area contributed by atoms with E-state index in [9.17, 15) is 0 Å². The number of aryl methyl sites for hydroxylation is 1. The van der Waals surface area contributed by atoms with Gasteiger partial charge in [-0.25, -0.2) is 0 Å². The molecule has 0 aliphatic rings. The Morgan fingerprint density at radius 1 is 1.00 bits per heavy atom. The number of nitrogens with one attached hydrogen (secondary N) is 1. The molecule has 0 atom stereocenters.